The van der Waals surface area contributed by atoms with Crippen LogP contribution in [0.2, 0.25) is 0 Å². The van der Waals surface area contributed by atoms with Crippen LogP contribution in [0.25, 0.3) is 10.9 Å². The first-order chi connectivity index (χ1) is 6.89. The van der Waals surface area contributed by atoms with Gasteiger partial charge in [0, 0.05) is 23.1 Å². The lowest BCUT2D eigenvalue weighted by Gasteiger charge is -1.96. The molecule has 2 aromatic rings. The van der Waals surface area contributed by atoms with Crippen molar-refractivity contribution in [2.24, 2.45) is 12.2 Å². The zero-order chi connectivity index (χ0) is 11.2. The van der Waals surface area contributed by atoms with Crippen LogP contribution >= 0.6 is 15.9 Å². The highest BCUT2D eigenvalue weighted by molar-refractivity contribution is 9.10. The van der Waals surface area contributed by atoms with Crippen molar-refractivity contribution in [3.8, 4) is 0 Å². The van der Waals surface area contributed by atoms with Crippen LogP contribution in [0.4, 0.5) is 0 Å². The normalized spacial score (nSPS) is 12.2. The van der Waals surface area contributed by atoms with E-state index in [4.69, 9.17) is 5.14 Å². The summed E-state index contributed by atoms with van der Waals surface area (Å²) in [5.41, 5.74) is 0.827. The van der Waals surface area contributed by atoms with Crippen LogP contribution in [0, 0.1) is 0 Å². The first kappa shape index (κ1) is 10.7. The third kappa shape index (κ3) is 1.80. The minimum Gasteiger partial charge on any atom is -0.349 e. The van der Waals surface area contributed by atoms with Crippen LogP contribution in [0.15, 0.2) is 33.8 Å². The maximum Gasteiger partial charge on any atom is 0.240 e. The predicted molar refractivity (Wildman–Crippen MR) is 62.0 cm³/mol. The maximum absolute atomic E-state index is 11.3. The van der Waals surface area contributed by atoms with E-state index in [9.17, 15) is 8.42 Å². The van der Waals surface area contributed by atoms with Gasteiger partial charge in [-0.25, -0.2) is 13.6 Å². The van der Waals surface area contributed by atoms with Gasteiger partial charge in [-0.05, 0) is 12.1 Å². The van der Waals surface area contributed by atoms with Crippen molar-refractivity contribution in [3.05, 3.63) is 28.9 Å². The molecule has 0 radical (unpaired) electrons. The lowest BCUT2D eigenvalue weighted by atomic mass is 10.2. The SMILES string of the molecule is Cn1cc(S(N)(=O)=O)c2ccc(Br)cc21. The van der Waals surface area contributed by atoms with Crippen LogP contribution in [0.3, 0.4) is 0 Å². The Morgan fingerprint density at radius 1 is 1.40 bits per heavy atom. The van der Waals surface area contributed by atoms with Crippen LogP contribution in [-0.4, -0.2) is 13.0 Å². The second-order valence-corrected chi connectivity index (χ2v) is 5.76. The zero-order valence-electron chi connectivity index (χ0n) is 7.94. The number of benzene rings is 1. The fourth-order valence-corrected chi connectivity index (χ4v) is 2.68. The second-order valence-electron chi connectivity index (χ2n) is 3.31. The molecule has 0 aliphatic carbocycles. The number of fused-ring (bicyclic) bond motifs is 1. The molecule has 4 nitrogen and oxygen atoms in total. The molecular weight excluding hydrogens is 280 g/mol. The summed E-state index contributed by atoms with van der Waals surface area (Å²) < 4.78 is 25.2. The van der Waals surface area contributed by atoms with Gasteiger partial charge in [0.1, 0.15) is 4.90 Å². The average Bonchev–Trinajstić information content (AvgIpc) is 2.43. The van der Waals surface area contributed by atoms with E-state index in [0.717, 1.165) is 9.99 Å². The van der Waals surface area contributed by atoms with E-state index in [1.54, 1.807) is 23.7 Å². The lowest BCUT2D eigenvalue weighted by Crippen LogP contribution is -2.11. The fraction of sp³-hybridized carbons (Fsp3) is 0.111. The van der Waals surface area contributed by atoms with E-state index in [1.807, 2.05) is 6.07 Å². The van der Waals surface area contributed by atoms with Crippen LogP contribution in [0.5, 0.6) is 0 Å². The summed E-state index contributed by atoms with van der Waals surface area (Å²) in [7, 11) is -1.88. The Kier molecular flexibility index (Phi) is 2.37. The number of aryl methyl sites for hydroxylation is 1. The van der Waals surface area contributed by atoms with E-state index >= 15 is 0 Å². The van der Waals surface area contributed by atoms with Crippen molar-refractivity contribution < 1.29 is 8.42 Å². The van der Waals surface area contributed by atoms with Crippen molar-refractivity contribution in [2.75, 3.05) is 0 Å². The summed E-state index contributed by atoms with van der Waals surface area (Å²) in [4.78, 5) is 0.160. The van der Waals surface area contributed by atoms with Crippen LogP contribution < -0.4 is 5.14 Å². The molecule has 0 spiro atoms. The van der Waals surface area contributed by atoms with Gasteiger partial charge in [-0.1, -0.05) is 22.0 Å². The highest BCUT2D eigenvalue weighted by Crippen LogP contribution is 2.26. The van der Waals surface area contributed by atoms with Gasteiger partial charge in [0.25, 0.3) is 0 Å². The second kappa shape index (κ2) is 3.33. The number of sulfonamides is 1. The molecule has 1 aromatic heterocycles. The van der Waals surface area contributed by atoms with Gasteiger partial charge in [-0.3, -0.25) is 0 Å². The minimum atomic E-state index is -3.66. The molecule has 0 saturated heterocycles. The van der Waals surface area contributed by atoms with Crippen molar-refractivity contribution in [1.82, 2.24) is 4.57 Å². The number of nitrogens with zero attached hydrogens (tertiary/aromatic N) is 1. The molecule has 15 heavy (non-hydrogen) atoms. The van der Waals surface area contributed by atoms with E-state index in [-0.39, 0.29) is 4.90 Å². The summed E-state index contributed by atoms with van der Waals surface area (Å²) in [5.74, 6) is 0. The maximum atomic E-state index is 11.3. The Morgan fingerprint density at radius 3 is 2.67 bits per heavy atom. The number of hydrogen-bond donors (Lipinski definition) is 1. The van der Waals surface area contributed by atoms with Crippen molar-refractivity contribution in [1.29, 1.82) is 0 Å². The molecule has 0 fully saturated rings. The number of aromatic nitrogens is 1. The molecule has 0 bridgehead atoms. The van der Waals surface area contributed by atoms with Gasteiger partial charge in [-0.15, -0.1) is 0 Å². The monoisotopic (exact) mass is 288 g/mol. The lowest BCUT2D eigenvalue weighted by molar-refractivity contribution is 0.598. The molecule has 1 heterocycles. The van der Waals surface area contributed by atoms with Crippen molar-refractivity contribution in [2.45, 2.75) is 4.90 Å². The summed E-state index contributed by atoms with van der Waals surface area (Å²) in [5, 5.41) is 5.76. The summed E-state index contributed by atoms with van der Waals surface area (Å²) in [6.07, 6.45) is 1.52. The highest BCUT2D eigenvalue weighted by atomic mass is 79.9. The van der Waals surface area contributed by atoms with Crippen molar-refractivity contribution in [3.63, 3.8) is 0 Å². The van der Waals surface area contributed by atoms with Gasteiger partial charge in [-0.2, -0.15) is 0 Å². The van der Waals surface area contributed by atoms with Crippen molar-refractivity contribution >= 4 is 36.9 Å². The number of primary sulfonamides is 1. The number of nitrogens with two attached hydrogens (primary N) is 1. The molecule has 0 aliphatic rings. The first-order valence-corrected chi connectivity index (χ1v) is 6.51. The first-order valence-electron chi connectivity index (χ1n) is 4.17. The molecule has 0 aliphatic heterocycles. The third-order valence-electron chi connectivity index (χ3n) is 2.22. The number of halogens is 1. The molecular formula is C9H9BrN2O2S. The molecule has 1 aromatic carbocycles. The number of rotatable bonds is 1. The van der Waals surface area contributed by atoms with Gasteiger partial charge in [0.05, 0.1) is 5.52 Å². The third-order valence-corrected chi connectivity index (χ3v) is 3.65. The van der Waals surface area contributed by atoms with Gasteiger partial charge < -0.3 is 4.57 Å². The van der Waals surface area contributed by atoms with E-state index in [2.05, 4.69) is 15.9 Å². The summed E-state index contributed by atoms with van der Waals surface area (Å²) in [6, 6.07) is 5.38. The highest BCUT2D eigenvalue weighted by Gasteiger charge is 2.15. The summed E-state index contributed by atoms with van der Waals surface area (Å²) in [6.45, 7) is 0. The Labute approximate surface area is 95.9 Å². The fourth-order valence-electron chi connectivity index (χ4n) is 1.55. The van der Waals surface area contributed by atoms with Gasteiger partial charge in [0.2, 0.25) is 10.0 Å². The molecule has 2 rings (SSSR count). The molecule has 0 unspecified atom stereocenters. The average molecular weight is 289 g/mol. The smallest absolute Gasteiger partial charge is 0.240 e. The molecule has 0 saturated carbocycles. The Balaban J connectivity index is 2.92. The minimum absolute atomic E-state index is 0.160. The van der Waals surface area contributed by atoms with E-state index < -0.39 is 10.0 Å². The van der Waals surface area contributed by atoms with Crippen LogP contribution in [0.1, 0.15) is 0 Å². The van der Waals surface area contributed by atoms with Gasteiger partial charge >= 0.3 is 0 Å². The quantitative estimate of drug-likeness (QED) is 0.866. The van der Waals surface area contributed by atoms with E-state index in [0.29, 0.717) is 5.39 Å². The zero-order valence-corrected chi connectivity index (χ0v) is 10.3. The standard InChI is InChI=1S/C9H9BrN2O2S/c1-12-5-9(15(11,13)14)7-3-2-6(10)4-8(7)12/h2-5H,1H3,(H2,11,13,14). The molecule has 80 valence electrons. The Hall–Kier alpha value is -0.850. The largest absolute Gasteiger partial charge is 0.349 e. The van der Waals surface area contributed by atoms with E-state index in [1.165, 1.54) is 6.20 Å². The van der Waals surface area contributed by atoms with Crippen LogP contribution in [-0.2, 0) is 17.1 Å². The molecule has 6 heteroatoms. The number of hydrogen-bond acceptors (Lipinski definition) is 2. The molecule has 2 N–H and O–H groups in total. The molecule has 0 amide bonds. The van der Waals surface area contributed by atoms with Gasteiger partial charge in [0.15, 0.2) is 0 Å². The Bertz CT molecular complexity index is 631. The Morgan fingerprint density at radius 2 is 2.07 bits per heavy atom. The predicted octanol–water partition coefficient (Wildman–Crippen LogP) is 1.59. The topological polar surface area (TPSA) is 65.1 Å². The molecule has 0 atom stereocenters. The summed E-state index contributed by atoms with van der Waals surface area (Å²) >= 11 is 3.33.